The molecule has 1 amide bonds. The predicted octanol–water partition coefficient (Wildman–Crippen LogP) is 3.63. The predicted molar refractivity (Wildman–Crippen MR) is 97.3 cm³/mol. The van der Waals surface area contributed by atoms with Gasteiger partial charge in [-0.05, 0) is 30.2 Å². The van der Waals surface area contributed by atoms with Gasteiger partial charge in [-0.3, -0.25) is 9.78 Å². The molecule has 2 aromatic carbocycles. The van der Waals surface area contributed by atoms with Crippen LogP contribution >= 0.6 is 0 Å². The van der Waals surface area contributed by atoms with Crippen molar-refractivity contribution in [3.8, 4) is 0 Å². The second kappa shape index (κ2) is 6.32. The van der Waals surface area contributed by atoms with E-state index >= 15 is 0 Å². The number of carbonyl (C=O) groups is 1. The normalized spacial score (nSPS) is 13.1. The second-order valence-electron chi connectivity index (χ2n) is 5.98. The van der Waals surface area contributed by atoms with Gasteiger partial charge in [0, 0.05) is 36.8 Å². The fourth-order valence-corrected chi connectivity index (χ4v) is 3.28. The van der Waals surface area contributed by atoms with Gasteiger partial charge in [-0.2, -0.15) is 0 Å². The summed E-state index contributed by atoms with van der Waals surface area (Å²) in [5.41, 5.74) is 4.24. The third-order valence-corrected chi connectivity index (χ3v) is 4.48. The summed E-state index contributed by atoms with van der Waals surface area (Å²) in [6.07, 6.45) is 3.21. The van der Waals surface area contributed by atoms with Gasteiger partial charge in [-0.25, -0.2) is 0 Å². The van der Waals surface area contributed by atoms with E-state index in [0.717, 1.165) is 35.2 Å². The van der Waals surface area contributed by atoms with E-state index in [2.05, 4.69) is 16.4 Å². The second-order valence-corrected chi connectivity index (χ2v) is 5.98. The number of benzene rings is 2. The summed E-state index contributed by atoms with van der Waals surface area (Å²) in [5.74, 6) is 0.167. The fraction of sp³-hybridized carbons (Fsp3) is 0.200. The molecule has 0 aliphatic carbocycles. The van der Waals surface area contributed by atoms with Crippen molar-refractivity contribution in [3.05, 3.63) is 66.4 Å². The zero-order valence-electron chi connectivity index (χ0n) is 13.4. The number of amides is 1. The summed E-state index contributed by atoms with van der Waals surface area (Å²) >= 11 is 0. The molecule has 0 saturated carbocycles. The molecule has 0 spiro atoms. The molecule has 3 aromatic rings. The average Bonchev–Trinajstić information content (AvgIpc) is 3.06. The SMILES string of the molecule is O=C(CCNc1cccc2cccnc12)N1CCc2ccccc21. The van der Waals surface area contributed by atoms with Crippen molar-refractivity contribution in [2.45, 2.75) is 12.8 Å². The number of rotatable bonds is 4. The smallest absolute Gasteiger partial charge is 0.228 e. The minimum Gasteiger partial charge on any atom is -0.383 e. The van der Waals surface area contributed by atoms with Crippen molar-refractivity contribution < 1.29 is 4.79 Å². The number of nitrogens with zero attached hydrogens (tertiary/aromatic N) is 2. The maximum Gasteiger partial charge on any atom is 0.228 e. The number of anilines is 2. The molecule has 0 atom stereocenters. The van der Waals surface area contributed by atoms with Crippen molar-refractivity contribution in [1.82, 2.24) is 4.98 Å². The van der Waals surface area contributed by atoms with E-state index in [0.29, 0.717) is 13.0 Å². The lowest BCUT2D eigenvalue weighted by atomic mass is 10.2. The standard InChI is InChI=1S/C20H19N3O/c24-19(23-14-11-15-5-1-2-9-18(15)23)10-13-21-17-8-3-6-16-7-4-12-22-20(16)17/h1-9,12,21H,10-11,13-14H2. The van der Waals surface area contributed by atoms with Crippen LogP contribution in [0.2, 0.25) is 0 Å². The number of aromatic nitrogens is 1. The van der Waals surface area contributed by atoms with E-state index in [9.17, 15) is 4.79 Å². The van der Waals surface area contributed by atoms with Gasteiger partial charge < -0.3 is 10.2 Å². The van der Waals surface area contributed by atoms with Crippen LogP contribution in [0.25, 0.3) is 10.9 Å². The Morgan fingerprint density at radius 3 is 2.92 bits per heavy atom. The summed E-state index contributed by atoms with van der Waals surface area (Å²) in [6.45, 7) is 1.39. The Bertz CT molecular complexity index is 885. The van der Waals surface area contributed by atoms with Crippen molar-refractivity contribution >= 4 is 28.2 Å². The van der Waals surface area contributed by atoms with Crippen molar-refractivity contribution in [2.24, 2.45) is 0 Å². The van der Waals surface area contributed by atoms with Gasteiger partial charge >= 0.3 is 0 Å². The van der Waals surface area contributed by atoms with Gasteiger partial charge in [0.1, 0.15) is 0 Å². The average molecular weight is 317 g/mol. The molecule has 4 heteroatoms. The zero-order valence-corrected chi connectivity index (χ0v) is 13.4. The minimum atomic E-state index is 0.167. The van der Waals surface area contributed by atoms with E-state index in [1.54, 1.807) is 6.20 Å². The summed E-state index contributed by atoms with van der Waals surface area (Å²) in [5, 5.41) is 4.46. The Kier molecular flexibility index (Phi) is 3.87. The van der Waals surface area contributed by atoms with Gasteiger partial charge in [0.25, 0.3) is 0 Å². The quantitative estimate of drug-likeness (QED) is 0.799. The van der Waals surface area contributed by atoms with Crippen LogP contribution in [0, 0.1) is 0 Å². The lowest BCUT2D eigenvalue weighted by molar-refractivity contribution is -0.118. The van der Waals surface area contributed by atoms with Crippen molar-refractivity contribution in [2.75, 3.05) is 23.3 Å². The molecular weight excluding hydrogens is 298 g/mol. The molecule has 0 bridgehead atoms. The highest BCUT2D eigenvalue weighted by Crippen LogP contribution is 2.28. The van der Waals surface area contributed by atoms with Gasteiger partial charge in [-0.1, -0.05) is 36.4 Å². The molecule has 4 nitrogen and oxygen atoms in total. The van der Waals surface area contributed by atoms with E-state index in [-0.39, 0.29) is 5.91 Å². The minimum absolute atomic E-state index is 0.167. The highest BCUT2D eigenvalue weighted by atomic mass is 16.2. The van der Waals surface area contributed by atoms with E-state index < -0.39 is 0 Å². The number of hydrogen-bond donors (Lipinski definition) is 1. The monoisotopic (exact) mass is 317 g/mol. The molecule has 1 aliphatic rings. The molecule has 0 radical (unpaired) electrons. The van der Waals surface area contributed by atoms with Crippen LogP contribution in [0.1, 0.15) is 12.0 Å². The number of fused-ring (bicyclic) bond motifs is 2. The first-order valence-corrected chi connectivity index (χ1v) is 8.29. The fourth-order valence-electron chi connectivity index (χ4n) is 3.28. The third kappa shape index (κ3) is 2.71. The molecule has 1 N–H and O–H groups in total. The van der Waals surface area contributed by atoms with Gasteiger partial charge in [0.15, 0.2) is 0 Å². The van der Waals surface area contributed by atoms with Gasteiger partial charge in [0.05, 0.1) is 11.2 Å². The molecule has 1 aromatic heterocycles. The Morgan fingerprint density at radius 2 is 1.96 bits per heavy atom. The lowest BCUT2D eigenvalue weighted by Gasteiger charge is -2.17. The number of pyridine rings is 1. The molecule has 2 heterocycles. The van der Waals surface area contributed by atoms with Gasteiger partial charge in [0.2, 0.25) is 5.91 Å². The first-order valence-electron chi connectivity index (χ1n) is 8.29. The van der Waals surface area contributed by atoms with Gasteiger partial charge in [-0.15, -0.1) is 0 Å². The van der Waals surface area contributed by atoms with Crippen LogP contribution in [-0.4, -0.2) is 24.0 Å². The Hall–Kier alpha value is -2.88. The first kappa shape index (κ1) is 14.7. The molecule has 0 unspecified atom stereocenters. The van der Waals surface area contributed by atoms with E-state index in [1.165, 1.54) is 5.56 Å². The zero-order chi connectivity index (χ0) is 16.4. The highest BCUT2D eigenvalue weighted by molar-refractivity contribution is 5.96. The Morgan fingerprint density at radius 1 is 1.08 bits per heavy atom. The highest BCUT2D eigenvalue weighted by Gasteiger charge is 2.23. The summed E-state index contributed by atoms with van der Waals surface area (Å²) in [4.78, 5) is 18.9. The first-order chi connectivity index (χ1) is 11.8. The van der Waals surface area contributed by atoms with Crippen LogP contribution in [-0.2, 0) is 11.2 Å². The topological polar surface area (TPSA) is 45.2 Å². The third-order valence-electron chi connectivity index (χ3n) is 4.48. The summed E-state index contributed by atoms with van der Waals surface area (Å²) in [7, 11) is 0. The Labute approximate surface area is 141 Å². The summed E-state index contributed by atoms with van der Waals surface area (Å²) in [6, 6.07) is 18.2. The Balaban J connectivity index is 1.42. The molecule has 0 saturated heterocycles. The van der Waals surface area contributed by atoms with E-state index in [1.807, 2.05) is 53.4 Å². The van der Waals surface area contributed by atoms with Crippen LogP contribution in [0.3, 0.4) is 0 Å². The van der Waals surface area contributed by atoms with E-state index in [4.69, 9.17) is 0 Å². The largest absolute Gasteiger partial charge is 0.383 e. The number of nitrogens with one attached hydrogen (secondary N) is 1. The van der Waals surface area contributed by atoms with Crippen LogP contribution in [0.4, 0.5) is 11.4 Å². The molecule has 120 valence electrons. The molecule has 0 fully saturated rings. The number of para-hydroxylation sites is 2. The van der Waals surface area contributed by atoms with Crippen molar-refractivity contribution in [3.63, 3.8) is 0 Å². The molecule has 4 rings (SSSR count). The number of hydrogen-bond acceptors (Lipinski definition) is 3. The van der Waals surface area contributed by atoms with Crippen LogP contribution < -0.4 is 10.2 Å². The van der Waals surface area contributed by atoms with Crippen LogP contribution in [0.15, 0.2) is 60.8 Å². The number of carbonyl (C=O) groups excluding carboxylic acids is 1. The molecule has 1 aliphatic heterocycles. The maximum absolute atomic E-state index is 12.5. The summed E-state index contributed by atoms with van der Waals surface area (Å²) < 4.78 is 0. The maximum atomic E-state index is 12.5. The van der Waals surface area contributed by atoms with Crippen molar-refractivity contribution in [1.29, 1.82) is 0 Å². The molecule has 24 heavy (non-hydrogen) atoms. The van der Waals surface area contributed by atoms with Crippen LogP contribution in [0.5, 0.6) is 0 Å². The molecular formula is C20H19N3O. The lowest BCUT2D eigenvalue weighted by Crippen LogP contribution is -2.30.